The molecule has 2 N–H and O–H groups in total. The van der Waals surface area contributed by atoms with Crippen molar-refractivity contribution in [3.05, 3.63) is 35.6 Å². The van der Waals surface area contributed by atoms with Gasteiger partial charge in [0.1, 0.15) is 5.82 Å². The largest absolute Gasteiger partial charge is 0.320 e. The van der Waals surface area contributed by atoms with Gasteiger partial charge in [-0.25, -0.2) is 4.39 Å². The minimum absolute atomic E-state index is 0.213. The minimum Gasteiger partial charge on any atom is -0.320 e. The van der Waals surface area contributed by atoms with Crippen molar-refractivity contribution in [2.45, 2.75) is 32.7 Å². The van der Waals surface area contributed by atoms with E-state index in [0.29, 0.717) is 0 Å². The maximum Gasteiger partial charge on any atom is 0.123 e. The standard InChI is InChI=1S/C14H23FN2/c1-4-14(16,11-17(5-2)6-3)12-7-9-13(15)10-8-12/h7-10H,4-6,11,16H2,1-3H3. The maximum atomic E-state index is 12.9. The molecule has 1 unspecified atom stereocenters. The summed E-state index contributed by atoms with van der Waals surface area (Å²) in [5, 5.41) is 0. The highest BCUT2D eigenvalue weighted by Crippen LogP contribution is 2.23. The Labute approximate surface area is 104 Å². The number of benzene rings is 1. The predicted octanol–water partition coefficient (Wildman–Crippen LogP) is 2.73. The van der Waals surface area contributed by atoms with E-state index in [1.54, 1.807) is 12.1 Å². The molecule has 2 nitrogen and oxygen atoms in total. The highest BCUT2D eigenvalue weighted by atomic mass is 19.1. The maximum absolute atomic E-state index is 12.9. The number of hydrogen-bond donors (Lipinski definition) is 1. The fourth-order valence-electron chi connectivity index (χ4n) is 2.04. The Bertz CT molecular complexity index is 333. The van der Waals surface area contributed by atoms with Crippen LogP contribution in [0.1, 0.15) is 32.8 Å². The molecule has 0 aromatic heterocycles. The molecule has 1 rings (SSSR count). The summed E-state index contributed by atoms with van der Waals surface area (Å²) < 4.78 is 12.9. The summed E-state index contributed by atoms with van der Waals surface area (Å²) >= 11 is 0. The molecule has 96 valence electrons. The third kappa shape index (κ3) is 3.51. The van der Waals surface area contributed by atoms with E-state index in [9.17, 15) is 4.39 Å². The molecule has 1 atom stereocenters. The Kier molecular flexibility index (Phi) is 5.09. The van der Waals surface area contributed by atoms with Gasteiger partial charge in [-0.05, 0) is 37.2 Å². The molecule has 0 bridgehead atoms. The second-order valence-corrected chi connectivity index (χ2v) is 4.48. The van der Waals surface area contributed by atoms with Crippen molar-refractivity contribution in [1.29, 1.82) is 0 Å². The molecule has 0 aliphatic rings. The van der Waals surface area contributed by atoms with Gasteiger partial charge in [-0.3, -0.25) is 0 Å². The lowest BCUT2D eigenvalue weighted by molar-refractivity contribution is 0.221. The molecule has 0 saturated heterocycles. The van der Waals surface area contributed by atoms with Gasteiger partial charge in [0.05, 0.1) is 5.54 Å². The first-order chi connectivity index (χ1) is 8.05. The number of rotatable bonds is 6. The Morgan fingerprint density at radius 1 is 1.12 bits per heavy atom. The third-order valence-electron chi connectivity index (χ3n) is 3.45. The van der Waals surface area contributed by atoms with Crippen LogP contribution in [0.15, 0.2) is 24.3 Å². The van der Waals surface area contributed by atoms with Gasteiger partial charge in [-0.15, -0.1) is 0 Å². The second-order valence-electron chi connectivity index (χ2n) is 4.48. The van der Waals surface area contributed by atoms with E-state index >= 15 is 0 Å². The van der Waals surface area contributed by atoms with Crippen LogP contribution in [-0.4, -0.2) is 24.5 Å². The third-order valence-corrected chi connectivity index (χ3v) is 3.45. The summed E-state index contributed by atoms with van der Waals surface area (Å²) in [6, 6.07) is 6.55. The fourth-order valence-corrected chi connectivity index (χ4v) is 2.04. The first-order valence-corrected chi connectivity index (χ1v) is 6.33. The van der Waals surface area contributed by atoms with E-state index in [1.165, 1.54) is 12.1 Å². The van der Waals surface area contributed by atoms with Crippen LogP contribution in [0, 0.1) is 5.82 Å². The lowest BCUT2D eigenvalue weighted by Gasteiger charge is -2.34. The van der Waals surface area contributed by atoms with Gasteiger partial charge in [-0.1, -0.05) is 32.9 Å². The van der Waals surface area contributed by atoms with Crippen molar-refractivity contribution < 1.29 is 4.39 Å². The van der Waals surface area contributed by atoms with E-state index < -0.39 is 0 Å². The molecule has 0 aliphatic carbocycles. The Morgan fingerprint density at radius 3 is 2.06 bits per heavy atom. The molecule has 0 spiro atoms. The Morgan fingerprint density at radius 2 is 1.65 bits per heavy atom. The van der Waals surface area contributed by atoms with Crippen LogP contribution in [-0.2, 0) is 5.54 Å². The molecule has 0 heterocycles. The molecule has 1 aromatic carbocycles. The Balaban J connectivity index is 2.90. The smallest absolute Gasteiger partial charge is 0.123 e. The van der Waals surface area contributed by atoms with Gasteiger partial charge in [0, 0.05) is 6.54 Å². The summed E-state index contributed by atoms with van der Waals surface area (Å²) in [5.41, 5.74) is 7.08. The van der Waals surface area contributed by atoms with Crippen LogP contribution in [0.2, 0.25) is 0 Å². The van der Waals surface area contributed by atoms with Crippen LogP contribution in [0.25, 0.3) is 0 Å². The lowest BCUT2D eigenvalue weighted by Crippen LogP contribution is -2.47. The molecular weight excluding hydrogens is 215 g/mol. The molecule has 0 aliphatic heterocycles. The van der Waals surface area contributed by atoms with Crippen LogP contribution >= 0.6 is 0 Å². The number of nitrogens with zero attached hydrogens (tertiary/aromatic N) is 1. The van der Waals surface area contributed by atoms with Gasteiger partial charge >= 0.3 is 0 Å². The van der Waals surface area contributed by atoms with Gasteiger partial charge < -0.3 is 10.6 Å². The quantitative estimate of drug-likeness (QED) is 0.825. The molecule has 1 aromatic rings. The number of likely N-dealkylation sites (N-methyl/N-ethyl adjacent to an activating group) is 1. The topological polar surface area (TPSA) is 29.3 Å². The van der Waals surface area contributed by atoms with Crippen molar-refractivity contribution in [3.8, 4) is 0 Å². The van der Waals surface area contributed by atoms with E-state index in [1.807, 2.05) is 0 Å². The first-order valence-electron chi connectivity index (χ1n) is 6.33. The van der Waals surface area contributed by atoms with E-state index in [2.05, 4.69) is 25.7 Å². The Hall–Kier alpha value is -0.930. The number of hydrogen-bond acceptors (Lipinski definition) is 2. The zero-order valence-corrected chi connectivity index (χ0v) is 11.0. The molecule has 0 fully saturated rings. The van der Waals surface area contributed by atoms with Crippen molar-refractivity contribution in [3.63, 3.8) is 0 Å². The molecule has 0 saturated carbocycles. The summed E-state index contributed by atoms with van der Waals surface area (Å²) in [5.74, 6) is -0.213. The number of halogens is 1. The zero-order chi connectivity index (χ0) is 12.9. The fraction of sp³-hybridized carbons (Fsp3) is 0.571. The summed E-state index contributed by atoms with van der Waals surface area (Å²) in [6.07, 6.45) is 0.842. The van der Waals surface area contributed by atoms with Crippen molar-refractivity contribution in [1.82, 2.24) is 4.90 Å². The molecular formula is C14H23FN2. The summed E-state index contributed by atoms with van der Waals surface area (Å²) in [6.45, 7) is 9.11. The highest BCUT2D eigenvalue weighted by molar-refractivity contribution is 5.25. The second kappa shape index (κ2) is 6.12. The molecule has 0 amide bonds. The molecule has 17 heavy (non-hydrogen) atoms. The van der Waals surface area contributed by atoms with Crippen molar-refractivity contribution >= 4 is 0 Å². The van der Waals surface area contributed by atoms with E-state index in [4.69, 9.17) is 5.73 Å². The van der Waals surface area contributed by atoms with Crippen LogP contribution < -0.4 is 5.73 Å². The van der Waals surface area contributed by atoms with E-state index in [0.717, 1.165) is 31.6 Å². The zero-order valence-electron chi connectivity index (χ0n) is 11.0. The van der Waals surface area contributed by atoms with Gasteiger partial charge in [0.2, 0.25) is 0 Å². The SMILES string of the molecule is CCN(CC)CC(N)(CC)c1ccc(F)cc1. The van der Waals surface area contributed by atoms with Crippen molar-refractivity contribution in [2.75, 3.05) is 19.6 Å². The van der Waals surface area contributed by atoms with Gasteiger partial charge in [0.15, 0.2) is 0 Å². The lowest BCUT2D eigenvalue weighted by atomic mass is 9.87. The first kappa shape index (κ1) is 14.1. The summed E-state index contributed by atoms with van der Waals surface area (Å²) in [7, 11) is 0. The number of nitrogens with two attached hydrogens (primary N) is 1. The molecule has 3 heteroatoms. The van der Waals surface area contributed by atoms with Crippen LogP contribution in [0.4, 0.5) is 4.39 Å². The molecule has 0 radical (unpaired) electrons. The van der Waals surface area contributed by atoms with Gasteiger partial charge in [-0.2, -0.15) is 0 Å². The summed E-state index contributed by atoms with van der Waals surface area (Å²) in [4.78, 5) is 2.30. The van der Waals surface area contributed by atoms with Crippen LogP contribution in [0.3, 0.4) is 0 Å². The predicted molar refractivity (Wildman–Crippen MR) is 70.3 cm³/mol. The van der Waals surface area contributed by atoms with Crippen LogP contribution in [0.5, 0.6) is 0 Å². The van der Waals surface area contributed by atoms with Gasteiger partial charge in [0.25, 0.3) is 0 Å². The van der Waals surface area contributed by atoms with E-state index in [-0.39, 0.29) is 11.4 Å². The van der Waals surface area contributed by atoms with Crippen molar-refractivity contribution in [2.24, 2.45) is 5.73 Å². The minimum atomic E-state index is -0.389. The average molecular weight is 238 g/mol. The average Bonchev–Trinajstić information content (AvgIpc) is 2.36. The normalized spacial score (nSPS) is 14.9. The monoisotopic (exact) mass is 238 g/mol. The highest BCUT2D eigenvalue weighted by Gasteiger charge is 2.27.